The van der Waals surface area contributed by atoms with Gasteiger partial charge in [0.2, 0.25) is 0 Å². The first-order chi connectivity index (χ1) is 9.19. The van der Waals surface area contributed by atoms with Crippen molar-refractivity contribution >= 4 is 0 Å². The Bertz CT molecular complexity index is 500. The average Bonchev–Trinajstić information content (AvgIpc) is 2.85. The molecule has 3 nitrogen and oxygen atoms in total. The van der Waals surface area contributed by atoms with Crippen molar-refractivity contribution in [2.24, 2.45) is 0 Å². The van der Waals surface area contributed by atoms with Crippen LogP contribution in [0.25, 0.3) is 0 Å². The van der Waals surface area contributed by atoms with Gasteiger partial charge in [0.25, 0.3) is 0 Å². The highest BCUT2D eigenvalue weighted by atomic mass is 16.5. The van der Waals surface area contributed by atoms with E-state index in [1.807, 2.05) is 10.9 Å². The molecule has 19 heavy (non-hydrogen) atoms. The number of benzene rings is 1. The molecule has 0 unspecified atom stereocenters. The van der Waals surface area contributed by atoms with Gasteiger partial charge in [-0.05, 0) is 23.5 Å². The molecular formula is C16H22N2O. The van der Waals surface area contributed by atoms with Gasteiger partial charge in [-0.2, -0.15) is 5.10 Å². The number of hydrogen-bond donors (Lipinski definition) is 0. The van der Waals surface area contributed by atoms with Crippen LogP contribution in [0.3, 0.4) is 0 Å². The minimum Gasteiger partial charge on any atom is -0.486 e. The van der Waals surface area contributed by atoms with Crippen LogP contribution in [0.15, 0.2) is 36.7 Å². The van der Waals surface area contributed by atoms with Crippen LogP contribution in [-0.2, 0) is 13.2 Å². The van der Waals surface area contributed by atoms with Gasteiger partial charge >= 0.3 is 0 Å². The zero-order valence-corrected chi connectivity index (χ0v) is 12.0. The van der Waals surface area contributed by atoms with E-state index in [4.69, 9.17) is 4.74 Å². The molecule has 0 fully saturated rings. The number of hydrogen-bond acceptors (Lipinski definition) is 2. The molecule has 0 bridgehead atoms. The number of aryl methyl sites for hydroxylation is 1. The molecule has 2 rings (SSSR count). The normalized spacial score (nSPS) is 10.9. The van der Waals surface area contributed by atoms with E-state index in [1.54, 1.807) is 6.20 Å². The molecule has 0 aliphatic rings. The van der Waals surface area contributed by atoms with E-state index >= 15 is 0 Å². The molecule has 1 heterocycles. The lowest BCUT2D eigenvalue weighted by Crippen LogP contribution is -1.97. The fraction of sp³-hybridized carbons (Fsp3) is 0.438. The highest BCUT2D eigenvalue weighted by molar-refractivity contribution is 5.24. The van der Waals surface area contributed by atoms with E-state index in [-0.39, 0.29) is 0 Å². The summed E-state index contributed by atoms with van der Waals surface area (Å²) in [7, 11) is 0. The monoisotopic (exact) mass is 258 g/mol. The summed E-state index contributed by atoms with van der Waals surface area (Å²) in [6.45, 7) is 8.07. The van der Waals surface area contributed by atoms with Gasteiger partial charge in [0.1, 0.15) is 6.61 Å². The summed E-state index contributed by atoms with van der Waals surface area (Å²) in [5.41, 5.74) is 2.55. The Labute approximate surface area is 115 Å². The second kappa shape index (κ2) is 6.41. The van der Waals surface area contributed by atoms with Gasteiger partial charge in [-0.1, -0.05) is 45.0 Å². The van der Waals surface area contributed by atoms with Crippen LogP contribution in [0.2, 0.25) is 0 Å². The lowest BCUT2D eigenvalue weighted by molar-refractivity contribution is 0.305. The van der Waals surface area contributed by atoms with Crippen LogP contribution in [0.1, 0.15) is 44.2 Å². The van der Waals surface area contributed by atoms with Crippen molar-refractivity contribution in [1.29, 1.82) is 0 Å². The topological polar surface area (TPSA) is 27.1 Å². The van der Waals surface area contributed by atoms with Crippen LogP contribution < -0.4 is 4.74 Å². The highest BCUT2D eigenvalue weighted by Gasteiger charge is 2.01. The third-order valence-electron chi connectivity index (χ3n) is 3.11. The van der Waals surface area contributed by atoms with Crippen molar-refractivity contribution in [3.05, 3.63) is 47.8 Å². The maximum absolute atomic E-state index is 5.74. The molecule has 0 spiro atoms. The van der Waals surface area contributed by atoms with Crippen molar-refractivity contribution in [2.45, 2.75) is 46.3 Å². The van der Waals surface area contributed by atoms with Crippen LogP contribution >= 0.6 is 0 Å². The molecule has 0 saturated heterocycles. The SMILES string of the molecule is CCCn1cc(OCc2ccc(C(C)C)cc2)cn1. The maximum atomic E-state index is 5.74. The van der Waals surface area contributed by atoms with E-state index in [0.29, 0.717) is 12.5 Å². The number of nitrogens with zero attached hydrogens (tertiary/aromatic N) is 2. The lowest BCUT2D eigenvalue weighted by atomic mass is 10.0. The van der Waals surface area contributed by atoms with Crippen LogP contribution in [-0.4, -0.2) is 9.78 Å². The third-order valence-corrected chi connectivity index (χ3v) is 3.11. The van der Waals surface area contributed by atoms with Gasteiger partial charge in [-0.25, -0.2) is 0 Å². The summed E-state index contributed by atoms with van der Waals surface area (Å²) in [5, 5.41) is 4.25. The Morgan fingerprint density at radius 1 is 1.21 bits per heavy atom. The minimum absolute atomic E-state index is 0.572. The summed E-state index contributed by atoms with van der Waals surface area (Å²) in [6, 6.07) is 8.60. The van der Waals surface area contributed by atoms with Crippen LogP contribution in [0, 0.1) is 0 Å². The zero-order valence-electron chi connectivity index (χ0n) is 12.0. The molecule has 0 atom stereocenters. The average molecular weight is 258 g/mol. The maximum Gasteiger partial charge on any atom is 0.157 e. The quantitative estimate of drug-likeness (QED) is 0.783. The third kappa shape index (κ3) is 3.85. The molecule has 2 aromatic rings. The molecule has 3 heteroatoms. The first-order valence-electron chi connectivity index (χ1n) is 6.93. The first kappa shape index (κ1) is 13.7. The minimum atomic E-state index is 0.572. The largest absolute Gasteiger partial charge is 0.486 e. The van der Waals surface area contributed by atoms with Crippen molar-refractivity contribution in [3.8, 4) is 5.75 Å². The van der Waals surface area contributed by atoms with Gasteiger partial charge in [-0.3, -0.25) is 4.68 Å². The molecule has 0 N–H and O–H groups in total. The molecule has 0 radical (unpaired) electrons. The Kier molecular flexibility index (Phi) is 4.61. The number of rotatable bonds is 6. The van der Waals surface area contributed by atoms with Crippen molar-refractivity contribution in [2.75, 3.05) is 0 Å². The summed E-state index contributed by atoms with van der Waals surface area (Å²) < 4.78 is 7.65. The molecule has 1 aromatic carbocycles. The Morgan fingerprint density at radius 2 is 1.95 bits per heavy atom. The predicted octanol–water partition coefficient (Wildman–Crippen LogP) is 4.00. The van der Waals surface area contributed by atoms with E-state index in [2.05, 4.69) is 50.1 Å². The van der Waals surface area contributed by atoms with E-state index in [1.165, 1.54) is 11.1 Å². The summed E-state index contributed by atoms with van der Waals surface area (Å²) in [4.78, 5) is 0. The Morgan fingerprint density at radius 3 is 2.58 bits per heavy atom. The Balaban J connectivity index is 1.90. The molecule has 1 aromatic heterocycles. The van der Waals surface area contributed by atoms with Gasteiger partial charge in [0, 0.05) is 6.54 Å². The summed E-state index contributed by atoms with van der Waals surface area (Å²) in [6.07, 6.45) is 4.81. The van der Waals surface area contributed by atoms with E-state index in [9.17, 15) is 0 Å². The fourth-order valence-electron chi connectivity index (χ4n) is 1.94. The smallest absolute Gasteiger partial charge is 0.157 e. The van der Waals surface area contributed by atoms with Gasteiger partial charge in [0.05, 0.1) is 12.4 Å². The molecule has 0 amide bonds. The van der Waals surface area contributed by atoms with Crippen LogP contribution in [0.5, 0.6) is 5.75 Å². The van der Waals surface area contributed by atoms with Crippen LogP contribution in [0.4, 0.5) is 0 Å². The molecule has 0 aliphatic heterocycles. The number of aromatic nitrogens is 2. The highest BCUT2D eigenvalue weighted by Crippen LogP contribution is 2.16. The molecule has 0 saturated carbocycles. The van der Waals surface area contributed by atoms with Crippen molar-refractivity contribution in [3.63, 3.8) is 0 Å². The van der Waals surface area contributed by atoms with E-state index < -0.39 is 0 Å². The second-order valence-electron chi connectivity index (χ2n) is 5.12. The second-order valence-corrected chi connectivity index (χ2v) is 5.12. The van der Waals surface area contributed by atoms with Crippen molar-refractivity contribution in [1.82, 2.24) is 9.78 Å². The Hall–Kier alpha value is -1.77. The van der Waals surface area contributed by atoms with Gasteiger partial charge in [-0.15, -0.1) is 0 Å². The number of ether oxygens (including phenoxy) is 1. The summed E-state index contributed by atoms with van der Waals surface area (Å²) in [5.74, 6) is 1.41. The standard InChI is InChI=1S/C16H22N2O/c1-4-9-18-11-16(10-17-18)19-12-14-5-7-15(8-6-14)13(2)3/h5-8,10-11,13H,4,9,12H2,1-3H3. The molecular weight excluding hydrogens is 236 g/mol. The van der Waals surface area contributed by atoms with E-state index in [0.717, 1.165) is 18.7 Å². The summed E-state index contributed by atoms with van der Waals surface area (Å²) >= 11 is 0. The van der Waals surface area contributed by atoms with Crippen molar-refractivity contribution < 1.29 is 4.74 Å². The molecule has 0 aliphatic carbocycles. The first-order valence-corrected chi connectivity index (χ1v) is 6.93. The predicted molar refractivity (Wildman–Crippen MR) is 77.4 cm³/mol. The van der Waals surface area contributed by atoms with Gasteiger partial charge < -0.3 is 4.74 Å². The lowest BCUT2D eigenvalue weighted by Gasteiger charge is -2.07. The fourth-order valence-corrected chi connectivity index (χ4v) is 1.94. The van der Waals surface area contributed by atoms with Gasteiger partial charge in [0.15, 0.2) is 5.75 Å². The zero-order chi connectivity index (χ0) is 13.7. The molecule has 102 valence electrons.